The van der Waals surface area contributed by atoms with Gasteiger partial charge in [-0.2, -0.15) is 0 Å². The molecule has 0 aromatic heterocycles. The van der Waals surface area contributed by atoms with E-state index in [4.69, 9.17) is 9.47 Å². The first-order chi connectivity index (χ1) is 16.0. The van der Waals surface area contributed by atoms with Crippen molar-refractivity contribution in [2.24, 2.45) is 22.7 Å². The van der Waals surface area contributed by atoms with Crippen LogP contribution >= 0.6 is 0 Å². The van der Waals surface area contributed by atoms with E-state index >= 15 is 0 Å². The van der Waals surface area contributed by atoms with E-state index in [-0.39, 0.29) is 47.7 Å². The van der Waals surface area contributed by atoms with Crippen LogP contribution < -0.4 is 5.32 Å². The molecule has 3 heterocycles. The van der Waals surface area contributed by atoms with Gasteiger partial charge in [0.1, 0.15) is 5.41 Å². The SMILES string of the molecule is COC(=O)[C@]12C(c3ccccc3)[C@H]3C[C@@]45N[C@H]3[C@H]1C(c1ccccc1)[C@]4(C(=O)OC)[C@H]2N5C. The first-order valence-corrected chi connectivity index (χ1v) is 11.8. The molecule has 3 saturated heterocycles. The monoisotopic (exact) mass is 444 g/mol. The topological polar surface area (TPSA) is 67.9 Å². The van der Waals surface area contributed by atoms with Crippen LogP contribution in [-0.4, -0.2) is 55.9 Å². The molecule has 2 aliphatic carbocycles. The van der Waals surface area contributed by atoms with Gasteiger partial charge in [-0.25, -0.2) is 0 Å². The number of nitrogens with zero attached hydrogens (tertiary/aromatic N) is 1. The average Bonchev–Trinajstić information content (AvgIpc) is 3.33. The summed E-state index contributed by atoms with van der Waals surface area (Å²) in [6.07, 6.45) is 0.817. The van der Waals surface area contributed by atoms with Gasteiger partial charge < -0.3 is 9.47 Å². The summed E-state index contributed by atoms with van der Waals surface area (Å²) in [6, 6.07) is 20.5. The number of rotatable bonds is 4. The molecule has 6 heteroatoms. The molecule has 6 nitrogen and oxygen atoms in total. The van der Waals surface area contributed by atoms with Gasteiger partial charge in [0, 0.05) is 29.8 Å². The molecule has 1 spiro atoms. The van der Waals surface area contributed by atoms with Crippen LogP contribution in [0.5, 0.6) is 0 Å². The number of likely N-dealkylation sites (tertiary alicyclic amines) is 1. The molecule has 2 saturated carbocycles. The zero-order chi connectivity index (χ0) is 22.8. The quantitative estimate of drug-likeness (QED) is 0.731. The number of esters is 2. The molecule has 2 unspecified atom stereocenters. The Morgan fingerprint density at radius 1 is 0.909 bits per heavy atom. The number of hydrogen-bond donors (Lipinski definition) is 1. The first kappa shape index (κ1) is 19.7. The predicted molar refractivity (Wildman–Crippen MR) is 120 cm³/mol. The lowest BCUT2D eigenvalue weighted by Crippen LogP contribution is -2.87. The largest absolute Gasteiger partial charge is 0.469 e. The van der Waals surface area contributed by atoms with Crippen molar-refractivity contribution in [3.05, 3.63) is 71.8 Å². The average molecular weight is 445 g/mol. The van der Waals surface area contributed by atoms with Crippen LogP contribution in [-0.2, 0) is 19.1 Å². The van der Waals surface area contributed by atoms with Gasteiger partial charge in [-0.05, 0) is 30.5 Å². The van der Waals surface area contributed by atoms with E-state index in [9.17, 15) is 9.59 Å². The van der Waals surface area contributed by atoms with E-state index in [1.165, 1.54) is 14.2 Å². The third-order valence-electron chi connectivity index (χ3n) is 10.1. The summed E-state index contributed by atoms with van der Waals surface area (Å²) in [6.45, 7) is 0. The molecule has 5 aliphatic rings. The second kappa shape index (κ2) is 6.05. The number of ether oxygens (including phenoxy) is 2. The Morgan fingerprint density at radius 2 is 1.48 bits per heavy atom. The third-order valence-corrected chi connectivity index (χ3v) is 10.1. The highest BCUT2D eigenvalue weighted by Crippen LogP contribution is 2.87. The van der Waals surface area contributed by atoms with Crippen molar-refractivity contribution in [2.75, 3.05) is 21.3 Å². The molecule has 33 heavy (non-hydrogen) atoms. The van der Waals surface area contributed by atoms with E-state index in [0.29, 0.717) is 0 Å². The molecule has 1 N–H and O–H groups in total. The van der Waals surface area contributed by atoms with Gasteiger partial charge in [-0.1, -0.05) is 60.7 Å². The highest BCUT2D eigenvalue weighted by molar-refractivity contribution is 5.93. The molecule has 0 amide bonds. The zero-order valence-corrected chi connectivity index (χ0v) is 19.0. The standard InChI is InChI=1S/C27H28N2O4/c1-29-22-26(23(30)32-2)18(15-10-6-4-7-11-15)17-14-25(29)27(22,24(31)33-3)19(20(26)21(17)28-25)16-12-8-5-9-13-16/h4-13,17-22,28H,14H2,1-3H3/t17-,18?,19?,20-,21-,22+,25+,26-,27-/m1/s1. The van der Waals surface area contributed by atoms with Gasteiger partial charge in [-0.15, -0.1) is 0 Å². The van der Waals surface area contributed by atoms with Crippen LogP contribution in [0.3, 0.4) is 0 Å². The predicted octanol–water partition coefficient (Wildman–Crippen LogP) is 2.52. The molecule has 7 rings (SSSR count). The molecule has 2 aromatic rings. The lowest BCUT2D eigenvalue weighted by Gasteiger charge is -2.68. The Bertz CT molecular complexity index is 1170. The number of benzene rings is 2. The molecule has 2 aromatic carbocycles. The van der Waals surface area contributed by atoms with E-state index in [1.54, 1.807) is 0 Å². The number of piperidine rings is 1. The van der Waals surface area contributed by atoms with Crippen LogP contribution in [0.2, 0.25) is 0 Å². The number of nitrogens with one attached hydrogen (secondary N) is 1. The fraction of sp³-hybridized carbons (Fsp3) is 0.481. The summed E-state index contributed by atoms with van der Waals surface area (Å²) in [5.74, 6) is -0.370. The van der Waals surface area contributed by atoms with E-state index in [2.05, 4.69) is 41.5 Å². The molecule has 4 bridgehead atoms. The maximum atomic E-state index is 14.1. The van der Waals surface area contributed by atoms with Crippen molar-refractivity contribution in [2.45, 2.75) is 36.0 Å². The maximum absolute atomic E-state index is 14.1. The summed E-state index contributed by atoms with van der Waals surface area (Å²) < 4.78 is 11.2. The molecular formula is C27H28N2O4. The maximum Gasteiger partial charge on any atom is 0.317 e. The number of fused-ring (bicyclic) bond motifs is 1. The summed E-state index contributed by atoms with van der Waals surface area (Å²) in [4.78, 5) is 30.3. The molecule has 170 valence electrons. The fourth-order valence-electron chi connectivity index (χ4n) is 9.65. The minimum atomic E-state index is -0.842. The van der Waals surface area contributed by atoms with Crippen molar-refractivity contribution < 1.29 is 19.1 Å². The van der Waals surface area contributed by atoms with Gasteiger partial charge in [0.05, 0.1) is 25.3 Å². The molecule has 3 aliphatic heterocycles. The molecular weight excluding hydrogens is 416 g/mol. The number of carbonyl (C=O) groups excluding carboxylic acids is 2. The van der Waals surface area contributed by atoms with Crippen molar-refractivity contribution in [1.29, 1.82) is 0 Å². The highest BCUT2D eigenvalue weighted by atomic mass is 16.5. The van der Waals surface area contributed by atoms with Gasteiger partial charge in [0.2, 0.25) is 0 Å². The Balaban J connectivity index is 1.59. The van der Waals surface area contributed by atoms with Crippen molar-refractivity contribution in [1.82, 2.24) is 10.2 Å². The summed E-state index contributed by atoms with van der Waals surface area (Å²) in [5.41, 5.74) is 0.0787. The number of carbonyl (C=O) groups is 2. The Labute approximate surface area is 193 Å². The fourth-order valence-corrected chi connectivity index (χ4v) is 9.65. The smallest absolute Gasteiger partial charge is 0.317 e. The minimum absolute atomic E-state index is 0.0225. The number of hydrogen-bond acceptors (Lipinski definition) is 6. The van der Waals surface area contributed by atoms with Crippen LogP contribution in [0.25, 0.3) is 0 Å². The lowest BCUT2D eigenvalue weighted by molar-refractivity contribution is -0.236. The number of methoxy groups -OCH3 is 2. The Kier molecular flexibility index (Phi) is 3.62. The van der Waals surface area contributed by atoms with E-state index < -0.39 is 16.5 Å². The van der Waals surface area contributed by atoms with Crippen molar-refractivity contribution in [3.63, 3.8) is 0 Å². The van der Waals surface area contributed by atoms with E-state index in [1.807, 2.05) is 36.4 Å². The van der Waals surface area contributed by atoms with Crippen molar-refractivity contribution >= 4 is 11.9 Å². The Morgan fingerprint density at radius 3 is 2.06 bits per heavy atom. The zero-order valence-electron chi connectivity index (χ0n) is 19.0. The summed E-state index contributed by atoms with van der Waals surface area (Å²) in [7, 11) is 5.04. The molecule has 5 fully saturated rings. The van der Waals surface area contributed by atoms with Crippen LogP contribution in [0, 0.1) is 22.7 Å². The van der Waals surface area contributed by atoms with Crippen molar-refractivity contribution in [3.8, 4) is 0 Å². The van der Waals surface area contributed by atoms with Gasteiger partial charge in [0.25, 0.3) is 0 Å². The molecule has 0 radical (unpaired) electrons. The second-order valence-electron chi connectivity index (χ2n) is 10.5. The normalized spacial score (nSPS) is 45.7. The van der Waals surface area contributed by atoms with Gasteiger partial charge in [0.15, 0.2) is 0 Å². The highest BCUT2D eigenvalue weighted by Gasteiger charge is 2.98. The van der Waals surface area contributed by atoms with Crippen LogP contribution in [0.1, 0.15) is 29.4 Å². The molecule has 9 atom stereocenters. The van der Waals surface area contributed by atoms with Gasteiger partial charge >= 0.3 is 11.9 Å². The minimum Gasteiger partial charge on any atom is -0.469 e. The van der Waals surface area contributed by atoms with E-state index in [0.717, 1.165) is 17.5 Å². The lowest BCUT2D eigenvalue weighted by atomic mass is 9.53. The Hall–Kier alpha value is -2.70. The third kappa shape index (κ3) is 1.73. The first-order valence-electron chi connectivity index (χ1n) is 11.8. The summed E-state index contributed by atoms with van der Waals surface area (Å²) >= 11 is 0. The summed E-state index contributed by atoms with van der Waals surface area (Å²) in [5, 5.41) is 3.91. The van der Waals surface area contributed by atoms with Crippen LogP contribution in [0.15, 0.2) is 60.7 Å². The van der Waals surface area contributed by atoms with Crippen LogP contribution in [0.4, 0.5) is 0 Å². The van der Waals surface area contributed by atoms with Gasteiger partial charge in [-0.3, -0.25) is 19.8 Å². The second-order valence-corrected chi connectivity index (χ2v) is 10.5.